The van der Waals surface area contributed by atoms with Gasteiger partial charge in [-0.3, -0.25) is 9.78 Å². The average molecular weight is 504 g/mol. The van der Waals surface area contributed by atoms with Gasteiger partial charge in [0, 0.05) is 61.6 Å². The summed E-state index contributed by atoms with van der Waals surface area (Å²) in [5, 5.41) is 3.18. The summed E-state index contributed by atoms with van der Waals surface area (Å²) in [5.74, 6) is 0.522. The molecule has 194 valence electrons. The number of carbonyl (C=O) groups is 1. The minimum Gasteiger partial charge on any atom is -0.496 e. The first kappa shape index (κ1) is 25.4. The zero-order valence-corrected chi connectivity index (χ0v) is 21.3. The first-order valence-electron chi connectivity index (χ1n) is 13.0. The fourth-order valence-corrected chi connectivity index (χ4v) is 5.64. The molecule has 2 saturated heterocycles. The number of benzene rings is 2. The summed E-state index contributed by atoms with van der Waals surface area (Å²) in [7, 11) is 1.74. The van der Waals surface area contributed by atoms with Crippen LogP contribution in [0.4, 0.5) is 4.39 Å². The standard InChI is InChI=1S/C30H34FN3O3/c1-36-28-8-3-2-7-26(28)30(13-17-37-18-14-30)21-34-15-11-25(12-16-34)33-29(35)23-9-10-27(32-20-23)22-5-4-6-24(31)19-22/h2-10,19-20,25H,11-18,21H2,1H3,(H,33,35). The van der Waals surface area contributed by atoms with Crippen LogP contribution in [0, 0.1) is 5.82 Å². The molecule has 2 aliphatic rings. The van der Waals surface area contributed by atoms with Gasteiger partial charge >= 0.3 is 0 Å². The number of methoxy groups -OCH3 is 1. The molecule has 1 aromatic heterocycles. The maximum atomic E-state index is 13.5. The number of rotatable bonds is 7. The summed E-state index contributed by atoms with van der Waals surface area (Å²) in [5.41, 5.74) is 3.12. The van der Waals surface area contributed by atoms with E-state index in [1.54, 1.807) is 37.6 Å². The van der Waals surface area contributed by atoms with Crippen molar-refractivity contribution in [1.82, 2.24) is 15.2 Å². The number of carbonyl (C=O) groups excluding carboxylic acids is 1. The first-order chi connectivity index (χ1) is 18.1. The van der Waals surface area contributed by atoms with Crippen molar-refractivity contribution in [2.45, 2.75) is 37.1 Å². The Morgan fingerprint density at radius 3 is 2.59 bits per heavy atom. The van der Waals surface area contributed by atoms with Crippen molar-refractivity contribution in [3.05, 3.63) is 83.8 Å². The molecule has 0 aliphatic carbocycles. The highest BCUT2D eigenvalue weighted by Crippen LogP contribution is 2.41. The molecule has 1 N–H and O–H groups in total. The molecule has 3 heterocycles. The van der Waals surface area contributed by atoms with Crippen LogP contribution in [0.5, 0.6) is 5.75 Å². The Bertz CT molecular complexity index is 1200. The number of nitrogens with one attached hydrogen (secondary N) is 1. The summed E-state index contributed by atoms with van der Waals surface area (Å²) in [6.45, 7) is 4.34. The fourth-order valence-electron chi connectivity index (χ4n) is 5.64. The van der Waals surface area contributed by atoms with Gasteiger partial charge in [-0.15, -0.1) is 0 Å². The van der Waals surface area contributed by atoms with Gasteiger partial charge in [0.25, 0.3) is 5.91 Å². The van der Waals surface area contributed by atoms with Crippen LogP contribution in [0.1, 0.15) is 41.6 Å². The molecule has 0 saturated carbocycles. The largest absolute Gasteiger partial charge is 0.496 e. The van der Waals surface area contributed by atoms with Crippen molar-refractivity contribution < 1.29 is 18.7 Å². The number of likely N-dealkylation sites (tertiary alicyclic amines) is 1. The number of aromatic nitrogens is 1. The van der Waals surface area contributed by atoms with Gasteiger partial charge in [-0.1, -0.05) is 30.3 Å². The molecular weight excluding hydrogens is 469 g/mol. The van der Waals surface area contributed by atoms with Gasteiger partial charge in [-0.05, 0) is 56.0 Å². The zero-order chi connectivity index (χ0) is 25.7. The van der Waals surface area contributed by atoms with Gasteiger partial charge in [0.15, 0.2) is 0 Å². The Labute approximate surface area is 217 Å². The minimum absolute atomic E-state index is 0.00994. The smallest absolute Gasteiger partial charge is 0.253 e. The van der Waals surface area contributed by atoms with Crippen LogP contribution in [0.3, 0.4) is 0 Å². The Kier molecular flexibility index (Phi) is 7.82. The molecule has 2 aliphatic heterocycles. The maximum absolute atomic E-state index is 13.5. The second-order valence-electron chi connectivity index (χ2n) is 10.1. The van der Waals surface area contributed by atoms with Crippen molar-refractivity contribution in [2.24, 2.45) is 0 Å². The van der Waals surface area contributed by atoms with Crippen LogP contribution in [0.15, 0.2) is 66.9 Å². The molecule has 2 fully saturated rings. The summed E-state index contributed by atoms with van der Waals surface area (Å²) >= 11 is 0. The number of amides is 1. The number of halogens is 1. The number of hydrogen-bond donors (Lipinski definition) is 1. The van der Waals surface area contributed by atoms with E-state index in [1.165, 1.54) is 17.7 Å². The molecule has 2 aromatic carbocycles. The van der Waals surface area contributed by atoms with E-state index in [1.807, 2.05) is 12.1 Å². The molecule has 0 unspecified atom stereocenters. The number of nitrogens with zero attached hydrogens (tertiary/aromatic N) is 2. The van der Waals surface area contributed by atoms with Crippen LogP contribution < -0.4 is 10.1 Å². The molecule has 37 heavy (non-hydrogen) atoms. The van der Waals surface area contributed by atoms with E-state index in [0.717, 1.165) is 64.3 Å². The fraction of sp³-hybridized carbons (Fsp3) is 0.400. The molecule has 0 radical (unpaired) electrons. The molecule has 3 aromatic rings. The van der Waals surface area contributed by atoms with Gasteiger partial charge in [-0.25, -0.2) is 4.39 Å². The van der Waals surface area contributed by atoms with Crippen LogP contribution >= 0.6 is 0 Å². The lowest BCUT2D eigenvalue weighted by atomic mass is 9.73. The van der Waals surface area contributed by atoms with E-state index < -0.39 is 0 Å². The predicted molar refractivity (Wildman–Crippen MR) is 141 cm³/mol. The quantitative estimate of drug-likeness (QED) is 0.500. The number of ether oxygens (including phenoxy) is 2. The second-order valence-corrected chi connectivity index (χ2v) is 10.1. The highest BCUT2D eigenvalue weighted by Gasteiger charge is 2.39. The maximum Gasteiger partial charge on any atom is 0.253 e. The summed E-state index contributed by atoms with van der Waals surface area (Å²) < 4.78 is 25.0. The van der Waals surface area contributed by atoms with Crippen molar-refractivity contribution in [2.75, 3.05) is 40.0 Å². The summed E-state index contributed by atoms with van der Waals surface area (Å²) in [6.07, 6.45) is 5.32. The number of piperidine rings is 1. The predicted octanol–water partition coefficient (Wildman–Crippen LogP) is 4.84. The number of pyridine rings is 1. The molecule has 1 amide bonds. The molecule has 0 bridgehead atoms. The molecule has 7 heteroatoms. The Balaban J connectivity index is 1.18. The lowest BCUT2D eigenvalue weighted by Crippen LogP contribution is -2.50. The molecule has 0 spiro atoms. The van der Waals surface area contributed by atoms with Gasteiger partial charge in [-0.2, -0.15) is 0 Å². The van der Waals surface area contributed by atoms with Crippen molar-refractivity contribution in [3.63, 3.8) is 0 Å². The van der Waals surface area contributed by atoms with E-state index in [-0.39, 0.29) is 23.2 Å². The van der Waals surface area contributed by atoms with Crippen molar-refractivity contribution in [3.8, 4) is 17.0 Å². The monoisotopic (exact) mass is 503 g/mol. The van der Waals surface area contributed by atoms with Gasteiger partial charge in [0.2, 0.25) is 0 Å². The third-order valence-corrected chi connectivity index (χ3v) is 7.72. The Morgan fingerprint density at radius 2 is 1.89 bits per heavy atom. The molecular formula is C30H34FN3O3. The molecule has 5 rings (SSSR count). The summed E-state index contributed by atoms with van der Waals surface area (Å²) in [6, 6.07) is 18.3. The SMILES string of the molecule is COc1ccccc1C1(CN2CCC(NC(=O)c3ccc(-c4cccc(F)c4)nc3)CC2)CCOCC1. The third-order valence-electron chi connectivity index (χ3n) is 7.72. The van der Waals surface area contributed by atoms with Crippen LogP contribution in [-0.4, -0.2) is 61.8 Å². The number of hydrogen-bond acceptors (Lipinski definition) is 5. The Hall–Kier alpha value is -3.29. The topological polar surface area (TPSA) is 63.7 Å². The first-order valence-corrected chi connectivity index (χ1v) is 13.0. The van der Waals surface area contributed by atoms with E-state index in [0.29, 0.717) is 16.8 Å². The summed E-state index contributed by atoms with van der Waals surface area (Å²) in [4.78, 5) is 19.8. The van der Waals surface area contributed by atoms with Gasteiger partial charge < -0.3 is 19.7 Å². The van der Waals surface area contributed by atoms with E-state index >= 15 is 0 Å². The minimum atomic E-state index is -0.307. The van der Waals surface area contributed by atoms with E-state index in [9.17, 15) is 9.18 Å². The van der Waals surface area contributed by atoms with E-state index in [2.05, 4.69) is 27.3 Å². The zero-order valence-electron chi connectivity index (χ0n) is 21.3. The third kappa shape index (κ3) is 5.84. The second kappa shape index (κ2) is 11.4. The van der Waals surface area contributed by atoms with Crippen LogP contribution in [0.2, 0.25) is 0 Å². The normalized spacial score (nSPS) is 18.3. The highest BCUT2D eigenvalue weighted by atomic mass is 19.1. The van der Waals surface area contributed by atoms with Gasteiger partial charge in [0.05, 0.1) is 18.4 Å². The highest BCUT2D eigenvalue weighted by molar-refractivity contribution is 5.94. The molecule has 0 atom stereocenters. The van der Waals surface area contributed by atoms with Crippen LogP contribution in [0.25, 0.3) is 11.3 Å². The lowest BCUT2D eigenvalue weighted by molar-refractivity contribution is 0.0283. The Morgan fingerprint density at radius 1 is 1.11 bits per heavy atom. The molecule has 6 nitrogen and oxygen atoms in total. The van der Waals surface area contributed by atoms with E-state index in [4.69, 9.17) is 9.47 Å². The van der Waals surface area contributed by atoms with Crippen molar-refractivity contribution >= 4 is 5.91 Å². The van der Waals surface area contributed by atoms with Crippen molar-refractivity contribution in [1.29, 1.82) is 0 Å². The average Bonchev–Trinajstić information content (AvgIpc) is 2.94. The lowest BCUT2D eigenvalue weighted by Gasteiger charge is -2.44. The van der Waals surface area contributed by atoms with Gasteiger partial charge in [0.1, 0.15) is 11.6 Å². The van der Waals surface area contributed by atoms with Crippen LogP contribution in [-0.2, 0) is 10.2 Å². The number of para-hydroxylation sites is 1.